The van der Waals surface area contributed by atoms with Crippen LogP contribution in [0.15, 0.2) is 24.3 Å². The van der Waals surface area contributed by atoms with Gasteiger partial charge >= 0.3 is 0 Å². The van der Waals surface area contributed by atoms with E-state index >= 15 is 0 Å². The van der Waals surface area contributed by atoms with Crippen LogP contribution >= 0.6 is 0 Å². The Bertz CT molecular complexity index is 393. The minimum absolute atomic E-state index is 0.000602. The highest BCUT2D eigenvalue weighted by molar-refractivity contribution is 6.11. The lowest BCUT2D eigenvalue weighted by molar-refractivity contribution is -0.119. The van der Waals surface area contributed by atoms with Crippen LogP contribution in [-0.4, -0.2) is 11.6 Å². The Hall–Kier alpha value is -1.44. The van der Waals surface area contributed by atoms with E-state index in [1.807, 2.05) is 38.1 Å². The minimum Gasteiger partial charge on any atom is -0.299 e. The summed E-state index contributed by atoms with van der Waals surface area (Å²) in [5.41, 5.74) is 1.81. The van der Waals surface area contributed by atoms with E-state index in [0.717, 1.165) is 17.5 Å². The Morgan fingerprint density at radius 3 is 2.50 bits per heavy atom. The summed E-state index contributed by atoms with van der Waals surface area (Å²) in [6.07, 6.45) is 1.51. The van der Waals surface area contributed by atoms with Crippen molar-refractivity contribution in [3.05, 3.63) is 35.4 Å². The summed E-state index contributed by atoms with van der Waals surface area (Å²) in [6.45, 7) is 5.50. The third kappa shape index (κ3) is 2.38. The van der Waals surface area contributed by atoms with E-state index in [9.17, 15) is 9.59 Å². The molecule has 0 heterocycles. The molecule has 1 aromatic rings. The number of hydrogen-bond donors (Lipinski definition) is 0. The standard InChI is InChI=1S/C12H12O2.C2H6/c1-8(13)10-7-6-9-4-2-3-5-11(9)12(10)14;1-2/h2-5,10H,6-7H2,1H3;1-2H3. The SMILES string of the molecule is CC.CC(=O)C1CCc2ccccc2C1=O. The summed E-state index contributed by atoms with van der Waals surface area (Å²) in [5.74, 6) is -0.409. The Labute approximate surface area is 96.7 Å². The number of Topliss-reactive ketones (excluding diaryl/α,β-unsaturated/α-hetero) is 2. The molecule has 0 fully saturated rings. The average molecular weight is 218 g/mol. The van der Waals surface area contributed by atoms with Gasteiger partial charge in [-0.3, -0.25) is 9.59 Å². The van der Waals surface area contributed by atoms with Gasteiger partial charge in [0.15, 0.2) is 5.78 Å². The lowest BCUT2D eigenvalue weighted by atomic mass is 9.81. The first-order chi connectivity index (χ1) is 7.70. The van der Waals surface area contributed by atoms with Gasteiger partial charge in [0.25, 0.3) is 0 Å². The quantitative estimate of drug-likeness (QED) is 0.679. The Morgan fingerprint density at radius 1 is 1.25 bits per heavy atom. The number of hydrogen-bond acceptors (Lipinski definition) is 2. The van der Waals surface area contributed by atoms with Gasteiger partial charge in [-0.1, -0.05) is 38.1 Å². The van der Waals surface area contributed by atoms with Gasteiger partial charge in [0.05, 0.1) is 5.92 Å². The van der Waals surface area contributed by atoms with Crippen molar-refractivity contribution in [3.63, 3.8) is 0 Å². The van der Waals surface area contributed by atoms with Gasteiger partial charge in [0.2, 0.25) is 0 Å². The summed E-state index contributed by atoms with van der Waals surface area (Å²) in [6, 6.07) is 7.55. The molecule has 2 heteroatoms. The number of fused-ring (bicyclic) bond motifs is 1. The van der Waals surface area contributed by atoms with Crippen molar-refractivity contribution in [3.8, 4) is 0 Å². The van der Waals surface area contributed by atoms with E-state index < -0.39 is 5.92 Å². The van der Waals surface area contributed by atoms with Crippen molar-refractivity contribution in [2.75, 3.05) is 0 Å². The zero-order chi connectivity index (χ0) is 12.1. The third-order valence-electron chi connectivity index (χ3n) is 2.79. The van der Waals surface area contributed by atoms with Crippen molar-refractivity contribution in [1.82, 2.24) is 0 Å². The summed E-state index contributed by atoms with van der Waals surface area (Å²) >= 11 is 0. The maximum atomic E-state index is 11.8. The van der Waals surface area contributed by atoms with Gasteiger partial charge in [0.1, 0.15) is 5.78 Å². The molecule has 1 unspecified atom stereocenters. The molecule has 1 aliphatic carbocycles. The second-order valence-electron chi connectivity index (χ2n) is 3.72. The first kappa shape index (κ1) is 12.6. The Balaban J connectivity index is 0.000000606. The van der Waals surface area contributed by atoms with Crippen LogP contribution in [0.2, 0.25) is 0 Å². The zero-order valence-electron chi connectivity index (χ0n) is 10.1. The molecule has 0 saturated heterocycles. The van der Waals surface area contributed by atoms with E-state index in [2.05, 4.69) is 0 Å². The summed E-state index contributed by atoms with van der Waals surface area (Å²) in [7, 11) is 0. The maximum absolute atomic E-state index is 11.8. The van der Waals surface area contributed by atoms with Crippen LogP contribution in [0.4, 0.5) is 0 Å². The molecule has 0 spiro atoms. The van der Waals surface area contributed by atoms with Crippen LogP contribution in [0.5, 0.6) is 0 Å². The van der Waals surface area contributed by atoms with Crippen LogP contribution in [0.3, 0.4) is 0 Å². The largest absolute Gasteiger partial charge is 0.299 e. The summed E-state index contributed by atoms with van der Waals surface area (Å²) in [5, 5.41) is 0. The van der Waals surface area contributed by atoms with Gasteiger partial charge in [-0.2, -0.15) is 0 Å². The lowest BCUT2D eigenvalue weighted by Crippen LogP contribution is -2.27. The molecule has 0 aliphatic heterocycles. The van der Waals surface area contributed by atoms with Crippen molar-refractivity contribution in [1.29, 1.82) is 0 Å². The van der Waals surface area contributed by atoms with Crippen LogP contribution in [-0.2, 0) is 11.2 Å². The van der Waals surface area contributed by atoms with Crippen molar-refractivity contribution < 1.29 is 9.59 Å². The van der Waals surface area contributed by atoms with Crippen LogP contribution in [0, 0.1) is 5.92 Å². The normalized spacial score (nSPS) is 18.2. The van der Waals surface area contributed by atoms with Crippen molar-refractivity contribution in [2.24, 2.45) is 5.92 Å². The second kappa shape index (κ2) is 5.59. The molecule has 1 atom stereocenters. The molecule has 0 radical (unpaired) electrons. The molecule has 2 nitrogen and oxygen atoms in total. The Morgan fingerprint density at radius 2 is 1.88 bits per heavy atom. The van der Waals surface area contributed by atoms with E-state index in [-0.39, 0.29) is 11.6 Å². The topological polar surface area (TPSA) is 34.1 Å². The van der Waals surface area contributed by atoms with Gasteiger partial charge < -0.3 is 0 Å². The van der Waals surface area contributed by atoms with Crippen LogP contribution < -0.4 is 0 Å². The van der Waals surface area contributed by atoms with Crippen molar-refractivity contribution in [2.45, 2.75) is 33.6 Å². The minimum atomic E-state index is -0.398. The summed E-state index contributed by atoms with van der Waals surface area (Å²) in [4.78, 5) is 23.0. The zero-order valence-corrected chi connectivity index (χ0v) is 10.1. The van der Waals surface area contributed by atoms with E-state index in [1.165, 1.54) is 6.92 Å². The molecule has 0 saturated carbocycles. The summed E-state index contributed by atoms with van der Waals surface area (Å²) < 4.78 is 0. The van der Waals surface area contributed by atoms with Gasteiger partial charge in [-0.15, -0.1) is 0 Å². The molecule has 0 N–H and O–H groups in total. The van der Waals surface area contributed by atoms with E-state index in [0.29, 0.717) is 6.42 Å². The molecule has 1 aromatic carbocycles. The average Bonchev–Trinajstić information content (AvgIpc) is 2.32. The maximum Gasteiger partial charge on any atom is 0.173 e. The lowest BCUT2D eigenvalue weighted by Gasteiger charge is -2.20. The molecule has 16 heavy (non-hydrogen) atoms. The highest BCUT2D eigenvalue weighted by Crippen LogP contribution is 2.25. The molecular formula is C14H18O2. The highest BCUT2D eigenvalue weighted by Gasteiger charge is 2.29. The molecule has 0 aromatic heterocycles. The molecule has 1 aliphatic rings. The third-order valence-corrected chi connectivity index (χ3v) is 2.79. The van der Waals surface area contributed by atoms with Crippen molar-refractivity contribution >= 4 is 11.6 Å². The van der Waals surface area contributed by atoms with E-state index in [4.69, 9.17) is 0 Å². The first-order valence-corrected chi connectivity index (χ1v) is 5.82. The second-order valence-corrected chi connectivity index (χ2v) is 3.72. The number of aryl methyl sites for hydroxylation is 1. The molecular weight excluding hydrogens is 200 g/mol. The molecule has 0 amide bonds. The van der Waals surface area contributed by atoms with Crippen LogP contribution in [0.25, 0.3) is 0 Å². The number of rotatable bonds is 1. The predicted octanol–water partition coefficient (Wildman–Crippen LogP) is 3.05. The fourth-order valence-corrected chi connectivity index (χ4v) is 1.99. The number of benzene rings is 1. The number of carbonyl (C=O) groups excluding carboxylic acids is 2. The molecule has 0 bridgehead atoms. The number of ketones is 2. The van der Waals surface area contributed by atoms with Gasteiger partial charge in [-0.05, 0) is 25.3 Å². The Kier molecular flexibility index (Phi) is 4.41. The predicted molar refractivity (Wildman–Crippen MR) is 64.6 cm³/mol. The first-order valence-electron chi connectivity index (χ1n) is 5.82. The van der Waals surface area contributed by atoms with E-state index in [1.54, 1.807) is 0 Å². The smallest absolute Gasteiger partial charge is 0.173 e. The fraction of sp³-hybridized carbons (Fsp3) is 0.429. The monoisotopic (exact) mass is 218 g/mol. The highest BCUT2D eigenvalue weighted by atomic mass is 16.1. The van der Waals surface area contributed by atoms with Gasteiger partial charge in [0, 0.05) is 5.56 Å². The fourth-order valence-electron chi connectivity index (χ4n) is 1.99. The number of carbonyl (C=O) groups is 2. The van der Waals surface area contributed by atoms with Crippen LogP contribution in [0.1, 0.15) is 43.1 Å². The molecule has 2 rings (SSSR count). The molecule has 86 valence electrons. The van der Waals surface area contributed by atoms with Gasteiger partial charge in [-0.25, -0.2) is 0 Å².